The van der Waals surface area contributed by atoms with Gasteiger partial charge in [0.25, 0.3) is 0 Å². The molecule has 4 nitrogen and oxygen atoms in total. The summed E-state index contributed by atoms with van der Waals surface area (Å²) < 4.78 is 0. The van der Waals surface area contributed by atoms with Crippen LogP contribution in [0.25, 0.3) is 0 Å². The highest BCUT2D eigenvalue weighted by molar-refractivity contribution is 7.99. The maximum Gasteiger partial charge on any atom is 0.137 e. The van der Waals surface area contributed by atoms with Crippen molar-refractivity contribution in [2.24, 2.45) is 0 Å². The Morgan fingerprint density at radius 3 is 2.67 bits per heavy atom. The van der Waals surface area contributed by atoms with Crippen LogP contribution in [0.3, 0.4) is 0 Å². The third-order valence-electron chi connectivity index (χ3n) is 3.59. The average molecular weight is 266 g/mol. The van der Waals surface area contributed by atoms with Gasteiger partial charge in [-0.15, -0.1) is 0 Å². The summed E-state index contributed by atoms with van der Waals surface area (Å²) in [5.41, 5.74) is 1.24. The van der Waals surface area contributed by atoms with Gasteiger partial charge in [0.15, 0.2) is 0 Å². The number of piperidine rings is 1. The minimum Gasteiger partial charge on any atom is -0.373 e. The van der Waals surface area contributed by atoms with Gasteiger partial charge in [-0.25, -0.2) is 9.97 Å². The molecule has 1 aromatic heterocycles. The highest BCUT2D eigenvalue weighted by Gasteiger charge is 2.22. The second kappa shape index (κ2) is 6.27. The first-order valence-electron chi connectivity index (χ1n) is 6.59. The molecule has 0 atom stereocenters. The van der Waals surface area contributed by atoms with Crippen molar-refractivity contribution in [3.63, 3.8) is 0 Å². The van der Waals surface area contributed by atoms with Crippen molar-refractivity contribution in [2.45, 2.75) is 31.4 Å². The van der Waals surface area contributed by atoms with E-state index in [1.807, 2.05) is 18.8 Å². The topological polar surface area (TPSA) is 41.1 Å². The van der Waals surface area contributed by atoms with Crippen molar-refractivity contribution in [1.82, 2.24) is 9.97 Å². The molecular weight excluding hydrogens is 244 g/mol. The van der Waals surface area contributed by atoms with Crippen molar-refractivity contribution < 1.29 is 0 Å². The molecule has 2 heterocycles. The second-order valence-electron chi connectivity index (χ2n) is 4.55. The maximum atomic E-state index is 4.50. The molecule has 18 heavy (non-hydrogen) atoms. The Bertz CT molecular complexity index is 389. The fourth-order valence-electron chi connectivity index (χ4n) is 2.52. The minimum absolute atomic E-state index is 0.817. The molecule has 0 aliphatic carbocycles. The first-order chi connectivity index (χ1) is 8.80. The van der Waals surface area contributed by atoms with Crippen LogP contribution in [0.2, 0.25) is 0 Å². The van der Waals surface area contributed by atoms with Gasteiger partial charge in [-0.2, -0.15) is 11.8 Å². The Morgan fingerprint density at radius 1 is 1.39 bits per heavy atom. The molecule has 0 unspecified atom stereocenters. The number of hydrogen-bond donors (Lipinski definition) is 1. The lowest BCUT2D eigenvalue weighted by molar-refractivity contribution is 0.584. The Kier molecular flexibility index (Phi) is 4.69. The zero-order chi connectivity index (χ0) is 13.0. The van der Waals surface area contributed by atoms with E-state index < -0.39 is 0 Å². The number of aromatic nitrogens is 2. The molecule has 0 spiro atoms. The Morgan fingerprint density at radius 2 is 2.11 bits per heavy atom. The van der Waals surface area contributed by atoms with Gasteiger partial charge in [0, 0.05) is 31.0 Å². The summed E-state index contributed by atoms with van der Waals surface area (Å²) >= 11 is 1.99. The fourth-order valence-corrected chi connectivity index (χ4v) is 3.20. The van der Waals surface area contributed by atoms with Crippen molar-refractivity contribution in [3.05, 3.63) is 11.9 Å². The van der Waals surface area contributed by atoms with E-state index in [1.165, 1.54) is 18.4 Å². The lowest BCUT2D eigenvalue weighted by atomic mass is 10.1. The van der Waals surface area contributed by atoms with Crippen molar-refractivity contribution in [3.8, 4) is 0 Å². The molecule has 1 fully saturated rings. The highest BCUT2D eigenvalue weighted by Crippen LogP contribution is 2.28. The van der Waals surface area contributed by atoms with E-state index in [2.05, 4.69) is 33.4 Å². The third kappa shape index (κ3) is 2.71. The number of rotatable bonds is 4. The zero-order valence-corrected chi connectivity index (χ0v) is 12.3. The first kappa shape index (κ1) is 13.5. The highest BCUT2D eigenvalue weighted by atomic mass is 32.2. The summed E-state index contributed by atoms with van der Waals surface area (Å²) in [7, 11) is 1.92. The van der Waals surface area contributed by atoms with Crippen molar-refractivity contribution >= 4 is 23.4 Å². The molecule has 5 heteroatoms. The molecule has 1 aromatic rings. The summed E-state index contributed by atoms with van der Waals surface area (Å²) in [5.74, 6) is 2.09. The molecule has 2 rings (SSSR count). The minimum atomic E-state index is 0.817. The molecule has 1 aliphatic rings. The Labute approximate surface area is 114 Å². The van der Waals surface area contributed by atoms with Gasteiger partial charge in [0.2, 0.25) is 0 Å². The zero-order valence-electron chi connectivity index (χ0n) is 11.4. The van der Waals surface area contributed by atoms with Crippen LogP contribution in [0.1, 0.15) is 25.3 Å². The van der Waals surface area contributed by atoms with E-state index in [0.29, 0.717) is 0 Å². The van der Waals surface area contributed by atoms with Crippen LogP contribution in [0.5, 0.6) is 0 Å². The van der Waals surface area contributed by atoms with Crippen LogP contribution in [0, 0.1) is 0 Å². The van der Waals surface area contributed by atoms with E-state index in [4.69, 9.17) is 0 Å². The standard InChI is InChI=1S/C13H22N4S/c1-4-11-12(14-2)15-9-16-13(11)17-7-5-10(18-3)6-8-17/h9-10H,4-8H2,1-3H3,(H,14,15,16). The van der Waals surface area contributed by atoms with Crippen LogP contribution in [0.4, 0.5) is 11.6 Å². The van der Waals surface area contributed by atoms with E-state index in [0.717, 1.165) is 36.4 Å². The van der Waals surface area contributed by atoms with E-state index in [-0.39, 0.29) is 0 Å². The third-order valence-corrected chi connectivity index (χ3v) is 4.73. The van der Waals surface area contributed by atoms with Gasteiger partial charge in [0.05, 0.1) is 0 Å². The quantitative estimate of drug-likeness (QED) is 0.906. The number of nitrogens with one attached hydrogen (secondary N) is 1. The monoisotopic (exact) mass is 266 g/mol. The number of nitrogens with zero attached hydrogens (tertiary/aromatic N) is 3. The van der Waals surface area contributed by atoms with Gasteiger partial charge in [-0.3, -0.25) is 0 Å². The molecule has 0 bridgehead atoms. The summed E-state index contributed by atoms with van der Waals surface area (Å²) in [6, 6.07) is 0. The van der Waals surface area contributed by atoms with Crippen LogP contribution in [-0.2, 0) is 6.42 Å². The molecule has 0 amide bonds. The second-order valence-corrected chi connectivity index (χ2v) is 5.69. The molecule has 1 aliphatic heterocycles. The summed E-state index contributed by atoms with van der Waals surface area (Å²) in [6.07, 6.45) is 7.35. The average Bonchev–Trinajstić information content (AvgIpc) is 2.46. The molecule has 0 radical (unpaired) electrons. The van der Waals surface area contributed by atoms with Crippen molar-refractivity contribution in [1.29, 1.82) is 0 Å². The smallest absolute Gasteiger partial charge is 0.137 e. The molecule has 0 aromatic carbocycles. The molecule has 0 saturated carbocycles. The summed E-state index contributed by atoms with van der Waals surface area (Å²) in [5, 5.41) is 3.98. The fraction of sp³-hybridized carbons (Fsp3) is 0.692. The van der Waals surface area contributed by atoms with Crippen LogP contribution in [-0.4, -0.2) is 41.6 Å². The number of anilines is 2. The molecule has 1 saturated heterocycles. The molecule has 1 N–H and O–H groups in total. The summed E-state index contributed by atoms with van der Waals surface area (Å²) in [4.78, 5) is 11.2. The van der Waals surface area contributed by atoms with E-state index in [1.54, 1.807) is 6.33 Å². The summed E-state index contributed by atoms with van der Waals surface area (Å²) in [6.45, 7) is 4.38. The van der Waals surface area contributed by atoms with Crippen molar-refractivity contribution in [2.75, 3.05) is 36.6 Å². The number of thioether (sulfide) groups is 1. The van der Waals surface area contributed by atoms with Gasteiger partial charge in [-0.1, -0.05) is 6.92 Å². The largest absolute Gasteiger partial charge is 0.373 e. The van der Waals surface area contributed by atoms with Gasteiger partial charge >= 0.3 is 0 Å². The van der Waals surface area contributed by atoms with Crippen LogP contribution >= 0.6 is 11.8 Å². The maximum absolute atomic E-state index is 4.50. The van der Waals surface area contributed by atoms with Crippen LogP contribution in [0.15, 0.2) is 6.33 Å². The van der Waals surface area contributed by atoms with Gasteiger partial charge in [-0.05, 0) is 25.5 Å². The SMILES string of the molecule is CCc1c(NC)ncnc1N1CCC(SC)CC1. The van der Waals surface area contributed by atoms with Gasteiger partial charge in [0.1, 0.15) is 18.0 Å². The Hall–Kier alpha value is -0.970. The van der Waals surface area contributed by atoms with E-state index >= 15 is 0 Å². The Balaban J connectivity index is 2.18. The van der Waals surface area contributed by atoms with Crippen LogP contribution < -0.4 is 10.2 Å². The number of hydrogen-bond acceptors (Lipinski definition) is 5. The lowest BCUT2D eigenvalue weighted by Gasteiger charge is -2.33. The van der Waals surface area contributed by atoms with E-state index in [9.17, 15) is 0 Å². The lowest BCUT2D eigenvalue weighted by Crippen LogP contribution is -2.36. The van der Waals surface area contributed by atoms with Gasteiger partial charge < -0.3 is 10.2 Å². The normalized spacial score (nSPS) is 16.9. The molecular formula is C13H22N4S. The first-order valence-corrected chi connectivity index (χ1v) is 7.88. The predicted octanol–water partition coefficient (Wildman–Crippen LogP) is 2.41. The molecule has 100 valence electrons. The predicted molar refractivity (Wildman–Crippen MR) is 79.7 cm³/mol.